The van der Waals surface area contributed by atoms with Crippen molar-refractivity contribution < 1.29 is 27.6 Å². The molecule has 10 heteroatoms. The van der Waals surface area contributed by atoms with Gasteiger partial charge in [-0.1, -0.05) is 0 Å². The molecule has 1 aliphatic heterocycles. The molecule has 0 bridgehead atoms. The molecule has 0 N–H and O–H groups in total. The summed E-state index contributed by atoms with van der Waals surface area (Å²) >= 11 is 0. The van der Waals surface area contributed by atoms with Crippen LogP contribution in [0, 0.1) is 10.1 Å². The highest BCUT2D eigenvalue weighted by atomic mass is 19.4. The number of anilines is 2. The highest BCUT2D eigenvalue weighted by Crippen LogP contribution is 2.27. The van der Waals surface area contributed by atoms with Gasteiger partial charge in [-0.25, -0.2) is 0 Å². The van der Waals surface area contributed by atoms with E-state index in [-0.39, 0.29) is 23.9 Å². The van der Waals surface area contributed by atoms with Gasteiger partial charge in [-0.05, 0) is 36.4 Å². The predicted octanol–water partition coefficient (Wildman–Crippen LogP) is 3.82. The first kappa shape index (κ1) is 18.2. The summed E-state index contributed by atoms with van der Waals surface area (Å²) in [6.45, 7) is -0.0326. The Morgan fingerprint density at radius 3 is 2.07 bits per heavy atom. The summed E-state index contributed by atoms with van der Waals surface area (Å²) in [7, 11) is 0. The summed E-state index contributed by atoms with van der Waals surface area (Å²) in [6.07, 6.45) is -1.72. The number of rotatable bonds is 4. The Labute approximate surface area is 151 Å². The van der Waals surface area contributed by atoms with E-state index in [2.05, 4.69) is 4.74 Å². The van der Waals surface area contributed by atoms with Crippen LogP contribution in [0.1, 0.15) is 0 Å². The van der Waals surface area contributed by atoms with Crippen LogP contribution in [0.5, 0.6) is 5.75 Å². The molecular formula is C17H12F3N3O4. The molecular weight excluding hydrogens is 367 g/mol. The molecule has 0 fully saturated rings. The number of ether oxygens (including phenoxy) is 1. The fourth-order valence-electron chi connectivity index (χ4n) is 2.49. The minimum atomic E-state index is -4.78. The molecule has 0 unspecified atom stereocenters. The van der Waals surface area contributed by atoms with Gasteiger partial charge in [-0.15, -0.1) is 13.2 Å². The first-order valence-corrected chi connectivity index (χ1v) is 7.60. The molecule has 0 saturated carbocycles. The third-order valence-electron chi connectivity index (χ3n) is 3.71. The van der Waals surface area contributed by atoms with Crippen molar-refractivity contribution in [1.82, 2.24) is 0 Å². The molecule has 3 rings (SSSR count). The van der Waals surface area contributed by atoms with Crippen molar-refractivity contribution in [2.75, 3.05) is 16.3 Å². The first-order chi connectivity index (χ1) is 12.7. The zero-order valence-corrected chi connectivity index (χ0v) is 13.6. The van der Waals surface area contributed by atoms with E-state index in [0.717, 1.165) is 12.1 Å². The molecule has 0 atom stereocenters. The van der Waals surface area contributed by atoms with E-state index in [1.165, 1.54) is 47.5 Å². The number of amides is 1. The lowest BCUT2D eigenvalue weighted by Crippen LogP contribution is -2.40. The average Bonchev–Trinajstić information content (AvgIpc) is 2.61. The number of alkyl halides is 3. The van der Waals surface area contributed by atoms with E-state index >= 15 is 0 Å². The summed E-state index contributed by atoms with van der Waals surface area (Å²) < 4.78 is 40.4. The van der Waals surface area contributed by atoms with Crippen LogP contribution in [-0.4, -0.2) is 23.7 Å². The van der Waals surface area contributed by atoms with Crippen LogP contribution >= 0.6 is 0 Å². The zero-order chi connectivity index (χ0) is 19.6. The first-order valence-electron chi connectivity index (χ1n) is 7.60. The van der Waals surface area contributed by atoms with Crippen molar-refractivity contribution in [3.63, 3.8) is 0 Å². The van der Waals surface area contributed by atoms with Crippen molar-refractivity contribution in [2.24, 2.45) is 0 Å². The second-order valence-corrected chi connectivity index (χ2v) is 5.50. The summed E-state index contributed by atoms with van der Waals surface area (Å²) in [6, 6.07) is 10.6. The molecule has 0 radical (unpaired) electrons. The number of hydrogen-bond donors (Lipinski definition) is 0. The normalized spacial score (nSPS) is 14.4. The smallest absolute Gasteiger partial charge is 0.406 e. The van der Waals surface area contributed by atoms with Gasteiger partial charge < -0.3 is 9.64 Å². The van der Waals surface area contributed by atoms with Crippen LogP contribution < -0.4 is 14.5 Å². The summed E-state index contributed by atoms with van der Waals surface area (Å²) in [5.74, 6) is -0.701. The number of nitrogens with zero attached hydrogens (tertiary/aromatic N) is 3. The summed E-state index contributed by atoms with van der Waals surface area (Å²) in [4.78, 5) is 25.4. The van der Waals surface area contributed by atoms with Crippen LogP contribution in [-0.2, 0) is 4.79 Å². The van der Waals surface area contributed by atoms with Crippen LogP contribution in [0.2, 0.25) is 0 Å². The van der Waals surface area contributed by atoms with Gasteiger partial charge in [0.25, 0.3) is 11.6 Å². The lowest BCUT2D eigenvalue weighted by molar-refractivity contribution is -0.384. The minimum Gasteiger partial charge on any atom is -0.406 e. The largest absolute Gasteiger partial charge is 0.573 e. The second-order valence-electron chi connectivity index (χ2n) is 5.50. The van der Waals surface area contributed by atoms with E-state index in [1.54, 1.807) is 11.1 Å². The molecule has 2 aromatic rings. The molecule has 1 heterocycles. The van der Waals surface area contributed by atoms with Gasteiger partial charge in [-0.2, -0.15) is 0 Å². The molecule has 1 amide bonds. The number of carbonyl (C=O) groups excluding carboxylic acids is 1. The van der Waals surface area contributed by atoms with Crippen molar-refractivity contribution in [2.45, 2.75) is 6.36 Å². The summed E-state index contributed by atoms with van der Waals surface area (Å²) in [5.41, 5.74) is 0.918. The molecule has 7 nitrogen and oxygen atoms in total. The van der Waals surface area contributed by atoms with E-state index < -0.39 is 11.3 Å². The Kier molecular flexibility index (Phi) is 4.72. The highest BCUT2D eigenvalue weighted by molar-refractivity contribution is 5.99. The van der Waals surface area contributed by atoms with Gasteiger partial charge in [0.15, 0.2) is 0 Å². The van der Waals surface area contributed by atoms with E-state index in [4.69, 9.17) is 0 Å². The number of halogens is 3. The van der Waals surface area contributed by atoms with Crippen LogP contribution in [0.3, 0.4) is 0 Å². The lowest BCUT2D eigenvalue weighted by atomic mass is 10.2. The third kappa shape index (κ3) is 4.35. The van der Waals surface area contributed by atoms with Crippen LogP contribution in [0.4, 0.5) is 30.2 Å². The Balaban J connectivity index is 1.73. The van der Waals surface area contributed by atoms with Crippen molar-refractivity contribution >= 4 is 23.0 Å². The number of carbonyl (C=O) groups is 1. The average molecular weight is 379 g/mol. The zero-order valence-electron chi connectivity index (χ0n) is 13.6. The topological polar surface area (TPSA) is 75.9 Å². The fourth-order valence-corrected chi connectivity index (χ4v) is 2.49. The number of non-ortho nitro benzene ring substituents is 1. The van der Waals surface area contributed by atoms with Gasteiger partial charge in [0.2, 0.25) is 0 Å². The number of nitro groups is 1. The standard InChI is InChI=1S/C17H12F3N3O4/c18-17(19,20)27-15-7-5-13(6-8-15)22-10-9-21(11-16(22)24)12-1-3-14(4-2-12)23(25)26/h1-10H,11H2. The van der Waals surface area contributed by atoms with Crippen molar-refractivity contribution in [3.05, 3.63) is 71.0 Å². The van der Waals surface area contributed by atoms with Gasteiger partial charge in [-0.3, -0.25) is 19.8 Å². The second kappa shape index (κ2) is 6.98. The van der Waals surface area contributed by atoms with Gasteiger partial charge in [0, 0.05) is 35.9 Å². The highest BCUT2D eigenvalue weighted by Gasteiger charge is 2.31. The van der Waals surface area contributed by atoms with Gasteiger partial charge >= 0.3 is 6.36 Å². The number of hydrogen-bond acceptors (Lipinski definition) is 5. The molecule has 2 aromatic carbocycles. The monoisotopic (exact) mass is 379 g/mol. The molecule has 27 heavy (non-hydrogen) atoms. The Morgan fingerprint density at radius 2 is 1.56 bits per heavy atom. The molecule has 140 valence electrons. The predicted molar refractivity (Wildman–Crippen MR) is 90.2 cm³/mol. The minimum absolute atomic E-state index is 0.0326. The van der Waals surface area contributed by atoms with E-state index in [9.17, 15) is 28.1 Å². The summed E-state index contributed by atoms with van der Waals surface area (Å²) in [5, 5.41) is 10.7. The van der Waals surface area contributed by atoms with Crippen LogP contribution in [0.25, 0.3) is 0 Å². The maximum Gasteiger partial charge on any atom is 0.573 e. The SMILES string of the molecule is O=C1CN(c2ccc([N+](=O)[O-])cc2)C=CN1c1ccc(OC(F)(F)F)cc1. The van der Waals surface area contributed by atoms with Crippen molar-refractivity contribution in [1.29, 1.82) is 0 Å². The van der Waals surface area contributed by atoms with Crippen molar-refractivity contribution in [3.8, 4) is 5.75 Å². The molecule has 0 saturated heterocycles. The molecule has 0 aliphatic carbocycles. The lowest BCUT2D eigenvalue weighted by Gasteiger charge is -2.29. The van der Waals surface area contributed by atoms with Gasteiger partial charge in [0.05, 0.1) is 4.92 Å². The fraction of sp³-hybridized carbons (Fsp3) is 0.118. The molecule has 0 spiro atoms. The maximum atomic E-state index is 12.4. The van der Waals surface area contributed by atoms with Gasteiger partial charge in [0.1, 0.15) is 12.3 Å². The molecule has 0 aromatic heterocycles. The number of nitro benzene ring substituents is 1. The third-order valence-corrected chi connectivity index (χ3v) is 3.71. The van der Waals surface area contributed by atoms with E-state index in [0.29, 0.717) is 11.4 Å². The Bertz CT molecular complexity index is 880. The molecule has 1 aliphatic rings. The Hall–Kier alpha value is -3.56. The van der Waals surface area contributed by atoms with Crippen LogP contribution in [0.15, 0.2) is 60.9 Å². The Morgan fingerprint density at radius 1 is 0.963 bits per heavy atom. The maximum absolute atomic E-state index is 12.4. The quantitative estimate of drug-likeness (QED) is 0.596. The number of benzene rings is 2. The van der Waals surface area contributed by atoms with E-state index in [1.807, 2.05) is 0 Å².